The van der Waals surface area contributed by atoms with Gasteiger partial charge < -0.3 is 5.32 Å². The van der Waals surface area contributed by atoms with Crippen molar-refractivity contribution >= 4 is 11.3 Å². The molecule has 18 heavy (non-hydrogen) atoms. The predicted molar refractivity (Wildman–Crippen MR) is 78.1 cm³/mol. The quantitative estimate of drug-likeness (QED) is 0.909. The molecule has 0 spiro atoms. The molecule has 1 N–H and O–H groups in total. The van der Waals surface area contributed by atoms with Gasteiger partial charge in [-0.1, -0.05) is 20.3 Å². The molecule has 0 saturated carbocycles. The maximum Gasteiger partial charge on any atom is 0.110 e. The summed E-state index contributed by atoms with van der Waals surface area (Å²) >= 11 is 1.83. The van der Waals surface area contributed by atoms with Crippen molar-refractivity contribution in [2.75, 3.05) is 19.6 Å². The van der Waals surface area contributed by atoms with Crippen LogP contribution in [0.25, 0.3) is 0 Å². The Hall–Kier alpha value is -0.450. The first-order valence-electron chi connectivity index (χ1n) is 7.01. The van der Waals surface area contributed by atoms with Crippen LogP contribution in [0.4, 0.5) is 0 Å². The monoisotopic (exact) mass is 267 g/mol. The summed E-state index contributed by atoms with van der Waals surface area (Å²) in [5.41, 5.74) is 0. The van der Waals surface area contributed by atoms with Crippen molar-refractivity contribution in [1.29, 1.82) is 0 Å². The molecule has 0 aromatic carbocycles. The van der Waals surface area contributed by atoms with Gasteiger partial charge in [-0.2, -0.15) is 0 Å². The average Bonchev–Trinajstić information content (AvgIpc) is 2.83. The summed E-state index contributed by atoms with van der Waals surface area (Å²) in [7, 11) is 0. The van der Waals surface area contributed by atoms with Crippen LogP contribution >= 0.6 is 11.3 Å². The Balaban J connectivity index is 2.00. The smallest absolute Gasteiger partial charge is 0.110 e. The van der Waals surface area contributed by atoms with E-state index in [0.29, 0.717) is 12.1 Å². The van der Waals surface area contributed by atoms with Crippen LogP contribution in [0.2, 0.25) is 0 Å². The zero-order valence-corrected chi connectivity index (χ0v) is 12.8. The number of rotatable bonds is 4. The molecule has 0 aliphatic carbocycles. The Labute approximate surface area is 115 Å². The van der Waals surface area contributed by atoms with E-state index in [1.54, 1.807) is 0 Å². The molecule has 2 heterocycles. The molecular weight excluding hydrogens is 242 g/mol. The van der Waals surface area contributed by atoms with Gasteiger partial charge in [0.05, 0.1) is 6.04 Å². The van der Waals surface area contributed by atoms with Gasteiger partial charge in [0.1, 0.15) is 5.01 Å². The van der Waals surface area contributed by atoms with E-state index in [2.05, 4.69) is 42.9 Å². The minimum absolute atomic E-state index is 0.456. The van der Waals surface area contributed by atoms with Gasteiger partial charge in [0.15, 0.2) is 0 Å². The maximum atomic E-state index is 4.54. The van der Waals surface area contributed by atoms with E-state index in [9.17, 15) is 0 Å². The van der Waals surface area contributed by atoms with Crippen molar-refractivity contribution in [3.63, 3.8) is 0 Å². The second-order valence-electron chi connectivity index (χ2n) is 5.43. The standard InChI is InChI=1S/C14H25N3S/c1-5-10(2)13-9-17(7-6-15-13)12(4)14-16-8-11(3)18-14/h8,10,12-13,15H,5-7,9H2,1-4H3. The number of thiazole rings is 1. The molecule has 1 saturated heterocycles. The van der Waals surface area contributed by atoms with Crippen molar-refractivity contribution in [2.24, 2.45) is 5.92 Å². The van der Waals surface area contributed by atoms with E-state index in [4.69, 9.17) is 0 Å². The number of aryl methyl sites for hydroxylation is 1. The summed E-state index contributed by atoms with van der Waals surface area (Å²) in [6, 6.07) is 1.09. The van der Waals surface area contributed by atoms with Gasteiger partial charge in [-0.15, -0.1) is 11.3 Å². The molecule has 1 aromatic rings. The lowest BCUT2D eigenvalue weighted by atomic mass is 9.96. The zero-order chi connectivity index (χ0) is 13.1. The van der Waals surface area contributed by atoms with Gasteiger partial charge in [-0.3, -0.25) is 4.90 Å². The van der Waals surface area contributed by atoms with Crippen LogP contribution in [0.1, 0.15) is 43.1 Å². The van der Waals surface area contributed by atoms with E-state index in [1.807, 2.05) is 17.5 Å². The Morgan fingerprint density at radius 2 is 2.33 bits per heavy atom. The fraction of sp³-hybridized carbons (Fsp3) is 0.786. The van der Waals surface area contributed by atoms with Gasteiger partial charge >= 0.3 is 0 Å². The topological polar surface area (TPSA) is 28.2 Å². The third-order valence-electron chi connectivity index (χ3n) is 4.11. The highest BCUT2D eigenvalue weighted by atomic mass is 32.1. The second-order valence-corrected chi connectivity index (χ2v) is 6.69. The number of nitrogens with zero attached hydrogens (tertiary/aromatic N) is 2. The minimum atomic E-state index is 0.456. The summed E-state index contributed by atoms with van der Waals surface area (Å²) < 4.78 is 0. The highest BCUT2D eigenvalue weighted by molar-refractivity contribution is 7.11. The number of hydrogen-bond donors (Lipinski definition) is 1. The second kappa shape index (κ2) is 6.13. The van der Waals surface area contributed by atoms with Crippen LogP contribution in [-0.4, -0.2) is 35.6 Å². The summed E-state index contributed by atoms with van der Waals surface area (Å²) in [5, 5.41) is 4.91. The fourth-order valence-corrected chi connectivity index (χ4v) is 3.40. The summed E-state index contributed by atoms with van der Waals surface area (Å²) in [6.07, 6.45) is 3.24. The van der Waals surface area contributed by atoms with Gasteiger partial charge in [0, 0.05) is 36.8 Å². The number of nitrogens with one attached hydrogen (secondary N) is 1. The van der Waals surface area contributed by atoms with Crippen molar-refractivity contribution in [2.45, 2.75) is 46.2 Å². The molecule has 0 radical (unpaired) electrons. The van der Waals surface area contributed by atoms with Gasteiger partial charge in [0.2, 0.25) is 0 Å². The number of hydrogen-bond acceptors (Lipinski definition) is 4. The largest absolute Gasteiger partial charge is 0.311 e. The summed E-state index contributed by atoms with van der Waals surface area (Å²) in [5.74, 6) is 0.748. The van der Waals surface area contributed by atoms with Gasteiger partial charge in [-0.25, -0.2) is 4.98 Å². The first kappa shape index (κ1) is 14.0. The molecular formula is C14H25N3S. The van der Waals surface area contributed by atoms with Crippen molar-refractivity contribution < 1.29 is 0 Å². The normalized spacial score (nSPS) is 25.0. The highest BCUT2D eigenvalue weighted by Crippen LogP contribution is 2.26. The van der Waals surface area contributed by atoms with Crippen LogP contribution < -0.4 is 5.32 Å². The third-order valence-corrected chi connectivity index (χ3v) is 5.19. The molecule has 102 valence electrons. The van der Waals surface area contributed by atoms with Crippen molar-refractivity contribution in [3.05, 3.63) is 16.1 Å². The lowest BCUT2D eigenvalue weighted by Crippen LogP contribution is -2.53. The molecule has 3 unspecified atom stereocenters. The SMILES string of the molecule is CCC(C)C1CN(C(C)c2ncc(C)s2)CCN1. The van der Waals surface area contributed by atoms with Gasteiger partial charge in [0.25, 0.3) is 0 Å². The minimum Gasteiger partial charge on any atom is -0.311 e. The van der Waals surface area contributed by atoms with Crippen LogP contribution in [0.15, 0.2) is 6.20 Å². The molecule has 3 atom stereocenters. The van der Waals surface area contributed by atoms with E-state index in [-0.39, 0.29) is 0 Å². The van der Waals surface area contributed by atoms with E-state index < -0.39 is 0 Å². The van der Waals surface area contributed by atoms with Crippen LogP contribution in [-0.2, 0) is 0 Å². The Bertz CT molecular complexity index is 377. The molecule has 2 rings (SSSR count). The van der Waals surface area contributed by atoms with Gasteiger partial charge in [-0.05, 0) is 19.8 Å². The highest BCUT2D eigenvalue weighted by Gasteiger charge is 2.27. The molecule has 1 aromatic heterocycles. The number of aromatic nitrogens is 1. The van der Waals surface area contributed by atoms with Crippen molar-refractivity contribution in [3.8, 4) is 0 Å². The average molecular weight is 267 g/mol. The first-order valence-corrected chi connectivity index (χ1v) is 7.83. The molecule has 4 heteroatoms. The predicted octanol–water partition coefficient (Wildman–Crippen LogP) is 2.83. The van der Waals surface area contributed by atoms with Crippen LogP contribution in [0.5, 0.6) is 0 Å². The molecule has 1 aliphatic rings. The van der Waals surface area contributed by atoms with E-state index in [0.717, 1.165) is 25.6 Å². The molecule has 1 fully saturated rings. The Morgan fingerprint density at radius 1 is 1.56 bits per heavy atom. The lowest BCUT2D eigenvalue weighted by Gasteiger charge is -2.39. The molecule has 0 amide bonds. The van der Waals surface area contributed by atoms with E-state index in [1.165, 1.54) is 16.3 Å². The zero-order valence-electron chi connectivity index (χ0n) is 11.9. The van der Waals surface area contributed by atoms with E-state index >= 15 is 0 Å². The Kier molecular flexibility index (Phi) is 4.76. The molecule has 1 aliphatic heterocycles. The molecule has 3 nitrogen and oxygen atoms in total. The van der Waals surface area contributed by atoms with Crippen LogP contribution in [0, 0.1) is 12.8 Å². The third kappa shape index (κ3) is 3.11. The first-order chi connectivity index (χ1) is 8.61. The summed E-state index contributed by atoms with van der Waals surface area (Å²) in [4.78, 5) is 8.42. The Morgan fingerprint density at radius 3 is 2.94 bits per heavy atom. The fourth-order valence-electron chi connectivity index (χ4n) is 2.54. The lowest BCUT2D eigenvalue weighted by molar-refractivity contribution is 0.130. The summed E-state index contributed by atoms with van der Waals surface area (Å²) in [6.45, 7) is 12.4. The van der Waals surface area contributed by atoms with Crippen molar-refractivity contribution in [1.82, 2.24) is 15.2 Å². The maximum absolute atomic E-state index is 4.54. The molecule has 0 bridgehead atoms. The number of piperazine rings is 1. The van der Waals surface area contributed by atoms with Crippen LogP contribution in [0.3, 0.4) is 0 Å².